The van der Waals surface area contributed by atoms with Gasteiger partial charge in [0, 0.05) is 18.0 Å². The number of hydrogen-bond acceptors (Lipinski definition) is 5. The Labute approximate surface area is 206 Å². The molecule has 2 aliphatic rings. The van der Waals surface area contributed by atoms with Crippen LogP contribution in [0.5, 0.6) is 0 Å². The molecule has 0 radical (unpaired) electrons. The third-order valence-corrected chi connectivity index (χ3v) is 7.10. The smallest absolute Gasteiger partial charge is 0.310 e. The first kappa shape index (κ1) is 24.4. The van der Waals surface area contributed by atoms with Crippen LogP contribution in [0.4, 0.5) is 0 Å². The van der Waals surface area contributed by atoms with Crippen molar-refractivity contribution >= 4 is 29.2 Å². The lowest BCUT2D eigenvalue weighted by Gasteiger charge is -2.32. The Hall–Kier alpha value is -2.70. The number of esters is 1. The van der Waals surface area contributed by atoms with Crippen LogP contribution in [0.15, 0.2) is 47.6 Å². The minimum absolute atomic E-state index is 0.0896. The fourth-order valence-electron chi connectivity index (χ4n) is 4.74. The Morgan fingerprint density at radius 2 is 1.94 bits per heavy atom. The number of hydrogen-bond donors (Lipinski definition) is 0. The molecule has 34 heavy (non-hydrogen) atoms. The van der Waals surface area contributed by atoms with Crippen LogP contribution in [0, 0.1) is 19.8 Å². The summed E-state index contributed by atoms with van der Waals surface area (Å²) >= 11 is 6.54. The van der Waals surface area contributed by atoms with Gasteiger partial charge in [-0.3, -0.25) is 14.5 Å². The number of likely N-dealkylation sites (tertiary alicyclic amines) is 1. The molecule has 2 aromatic carbocycles. The molecule has 2 atom stereocenters. The molecule has 0 saturated carbocycles. The largest absolute Gasteiger partial charge is 0.466 e. The van der Waals surface area contributed by atoms with E-state index >= 15 is 0 Å². The molecule has 0 spiro atoms. The topological polar surface area (TPSA) is 62.2 Å². The number of nitrogens with zero attached hydrogens (tertiary/aromatic N) is 3. The first-order valence-corrected chi connectivity index (χ1v) is 12.4. The molecule has 0 aromatic heterocycles. The van der Waals surface area contributed by atoms with Crippen molar-refractivity contribution in [2.24, 2.45) is 11.0 Å². The predicted octanol–water partition coefficient (Wildman–Crippen LogP) is 4.91. The van der Waals surface area contributed by atoms with Gasteiger partial charge in [-0.1, -0.05) is 41.9 Å². The van der Waals surface area contributed by atoms with E-state index < -0.39 is 0 Å². The SMILES string of the molecule is CCOC(=O)[C@H]1CCCN(CC(=O)N2N=C(c3ccc(C)c(C)c3)C[C@@H]2c2ccccc2Cl)C1. The van der Waals surface area contributed by atoms with Gasteiger partial charge in [0.2, 0.25) is 0 Å². The Morgan fingerprint density at radius 1 is 1.15 bits per heavy atom. The Bertz CT molecular complexity index is 1100. The molecule has 7 heteroatoms. The molecule has 0 unspecified atom stereocenters. The van der Waals surface area contributed by atoms with Crippen molar-refractivity contribution in [2.45, 2.75) is 46.1 Å². The third-order valence-electron chi connectivity index (χ3n) is 6.75. The molecule has 2 aliphatic heterocycles. The Kier molecular flexibility index (Phi) is 7.69. The molecule has 2 heterocycles. The Balaban J connectivity index is 1.57. The van der Waals surface area contributed by atoms with Crippen LogP contribution in [-0.4, -0.2) is 53.7 Å². The van der Waals surface area contributed by atoms with Gasteiger partial charge in [0.15, 0.2) is 0 Å². The normalized spacial score (nSPS) is 20.8. The molecule has 180 valence electrons. The van der Waals surface area contributed by atoms with Crippen LogP contribution in [0.2, 0.25) is 5.02 Å². The van der Waals surface area contributed by atoms with Crippen LogP contribution in [0.3, 0.4) is 0 Å². The summed E-state index contributed by atoms with van der Waals surface area (Å²) < 4.78 is 5.21. The average molecular weight is 482 g/mol. The van der Waals surface area contributed by atoms with Crippen LogP contribution in [0.25, 0.3) is 0 Å². The van der Waals surface area contributed by atoms with E-state index in [1.54, 1.807) is 5.01 Å². The maximum Gasteiger partial charge on any atom is 0.310 e. The number of ether oxygens (including phenoxy) is 1. The summed E-state index contributed by atoms with van der Waals surface area (Å²) in [5.41, 5.74) is 5.21. The zero-order valence-corrected chi connectivity index (χ0v) is 20.8. The van der Waals surface area contributed by atoms with E-state index in [4.69, 9.17) is 21.4 Å². The molecular weight excluding hydrogens is 450 g/mol. The number of amides is 1. The maximum atomic E-state index is 13.5. The summed E-state index contributed by atoms with van der Waals surface area (Å²) in [7, 11) is 0. The third kappa shape index (κ3) is 5.34. The average Bonchev–Trinajstić information content (AvgIpc) is 3.27. The van der Waals surface area contributed by atoms with E-state index in [0.717, 1.165) is 36.2 Å². The molecule has 0 bridgehead atoms. The summed E-state index contributed by atoms with van der Waals surface area (Å²) in [6.07, 6.45) is 2.26. The molecule has 0 N–H and O–H groups in total. The van der Waals surface area contributed by atoms with Gasteiger partial charge < -0.3 is 4.74 Å². The van der Waals surface area contributed by atoms with E-state index in [0.29, 0.717) is 24.6 Å². The highest BCUT2D eigenvalue weighted by Gasteiger charge is 2.36. The molecule has 4 rings (SSSR count). The highest BCUT2D eigenvalue weighted by Crippen LogP contribution is 2.36. The lowest BCUT2D eigenvalue weighted by atomic mass is 9.96. The highest BCUT2D eigenvalue weighted by atomic mass is 35.5. The first-order valence-electron chi connectivity index (χ1n) is 12.0. The van der Waals surface area contributed by atoms with Crippen LogP contribution < -0.4 is 0 Å². The molecular formula is C27H32ClN3O3. The summed E-state index contributed by atoms with van der Waals surface area (Å²) in [5.74, 6) is -0.452. The van der Waals surface area contributed by atoms with Gasteiger partial charge in [0.05, 0.1) is 30.8 Å². The minimum atomic E-state index is -0.261. The van der Waals surface area contributed by atoms with Gasteiger partial charge in [0.1, 0.15) is 0 Å². The standard InChI is InChI=1S/C27H32ClN3O3/c1-4-34-27(33)21-8-7-13-30(16-21)17-26(32)31-25(22-9-5-6-10-23(22)28)15-24(29-31)20-12-11-18(2)19(3)14-20/h5-6,9-12,14,21,25H,4,7-8,13,15-17H2,1-3H3/t21-,25+/m0/s1. The van der Waals surface area contributed by atoms with Crippen molar-refractivity contribution in [3.63, 3.8) is 0 Å². The molecule has 0 aliphatic carbocycles. The van der Waals surface area contributed by atoms with Gasteiger partial charge in [-0.15, -0.1) is 0 Å². The second-order valence-corrected chi connectivity index (χ2v) is 9.56. The molecule has 1 amide bonds. The van der Waals surface area contributed by atoms with E-state index in [1.807, 2.05) is 36.1 Å². The molecule has 1 fully saturated rings. The number of piperidine rings is 1. The van der Waals surface area contributed by atoms with E-state index in [9.17, 15) is 9.59 Å². The van der Waals surface area contributed by atoms with Crippen molar-refractivity contribution in [2.75, 3.05) is 26.2 Å². The predicted molar refractivity (Wildman–Crippen MR) is 134 cm³/mol. The van der Waals surface area contributed by atoms with Crippen molar-refractivity contribution in [3.8, 4) is 0 Å². The van der Waals surface area contributed by atoms with E-state index in [2.05, 4.69) is 32.0 Å². The van der Waals surface area contributed by atoms with E-state index in [-0.39, 0.29) is 30.4 Å². The van der Waals surface area contributed by atoms with Gasteiger partial charge in [-0.2, -0.15) is 5.10 Å². The Morgan fingerprint density at radius 3 is 2.68 bits per heavy atom. The lowest BCUT2D eigenvalue weighted by Crippen LogP contribution is -2.44. The fourth-order valence-corrected chi connectivity index (χ4v) is 5.00. The lowest BCUT2D eigenvalue weighted by molar-refractivity contribution is -0.150. The monoisotopic (exact) mass is 481 g/mol. The number of carbonyl (C=O) groups excluding carboxylic acids is 2. The van der Waals surface area contributed by atoms with Crippen molar-refractivity contribution in [3.05, 3.63) is 69.7 Å². The molecule has 2 aromatic rings. The summed E-state index contributed by atoms with van der Waals surface area (Å²) in [6.45, 7) is 7.87. The minimum Gasteiger partial charge on any atom is -0.466 e. The summed E-state index contributed by atoms with van der Waals surface area (Å²) in [6, 6.07) is 13.7. The van der Waals surface area contributed by atoms with Crippen molar-refractivity contribution < 1.29 is 14.3 Å². The summed E-state index contributed by atoms with van der Waals surface area (Å²) in [4.78, 5) is 27.8. The van der Waals surface area contributed by atoms with Crippen LogP contribution in [0.1, 0.15) is 54.5 Å². The number of aryl methyl sites for hydroxylation is 2. The summed E-state index contributed by atoms with van der Waals surface area (Å²) in [5, 5.41) is 7.02. The second kappa shape index (κ2) is 10.7. The molecule has 1 saturated heterocycles. The number of rotatable bonds is 6. The van der Waals surface area contributed by atoms with Gasteiger partial charge >= 0.3 is 5.97 Å². The van der Waals surface area contributed by atoms with Crippen LogP contribution in [-0.2, 0) is 14.3 Å². The van der Waals surface area contributed by atoms with Crippen molar-refractivity contribution in [1.82, 2.24) is 9.91 Å². The maximum absolute atomic E-state index is 13.5. The van der Waals surface area contributed by atoms with E-state index in [1.165, 1.54) is 11.1 Å². The van der Waals surface area contributed by atoms with Gasteiger partial charge in [-0.25, -0.2) is 5.01 Å². The number of benzene rings is 2. The quantitative estimate of drug-likeness (QED) is 0.550. The first-order chi connectivity index (χ1) is 16.4. The highest BCUT2D eigenvalue weighted by molar-refractivity contribution is 6.31. The number of carbonyl (C=O) groups is 2. The van der Waals surface area contributed by atoms with Crippen LogP contribution >= 0.6 is 11.6 Å². The van der Waals surface area contributed by atoms with Gasteiger partial charge in [0.25, 0.3) is 5.91 Å². The fraction of sp³-hybridized carbons (Fsp3) is 0.444. The van der Waals surface area contributed by atoms with Crippen molar-refractivity contribution in [1.29, 1.82) is 0 Å². The molecule has 6 nitrogen and oxygen atoms in total. The number of halogens is 1. The zero-order valence-electron chi connectivity index (χ0n) is 20.1. The zero-order chi connectivity index (χ0) is 24.2. The van der Waals surface area contributed by atoms with Gasteiger partial charge in [-0.05, 0) is 74.5 Å². The number of hydrazone groups is 1. The second-order valence-electron chi connectivity index (χ2n) is 9.15.